The van der Waals surface area contributed by atoms with Gasteiger partial charge in [0.2, 0.25) is 0 Å². The Kier molecular flexibility index (Phi) is 2.87. The molecule has 6 heteroatoms. The first-order valence-corrected chi connectivity index (χ1v) is 7.02. The molecule has 2 unspecified atom stereocenters. The summed E-state index contributed by atoms with van der Waals surface area (Å²) in [6.07, 6.45) is 0.972. The van der Waals surface area contributed by atoms with E-state index in [1.54, 1.807) is 0 Å². The van der Waals surface area contributed by atoms with Crippen LogP contribution in [0.4, 0.5) is 0 Å². The van der Waals surface area contributed by atoms with Crippen LogP contribution < -0.4 is 0 Å². The molecule has 1 saturated heterocycles. The summed E-state index contributed by atoms with van der Waals surface area (Å²) in [5.74, 6) is 0.903. The van der Waals surface area contributed by atoms with Crippen molar-refractivity contribution >= 4 is 22.8 Å². The molecule has 0 saturated carbocycles. The summed E-state index contributed by atoms with van der Waals surface area (Å²) >= 11 is 6.33. The molecule has 1 aliphatic rings. The van der Waals surface area contributed by atoms with Crippen molar-refractivity contribution in [3.8, 4) is 0 Å². The predicted molar refractivity (Wildman–Crippen MR) is 74.6 cm³/mol. The van der Waals surface area contributed by atoms with Gasteiger partial charge in [-0.05, 0) is 27.2 Å². The minimum absolute atomic E-state index is 0.0898. The lowest BCUT2D eigenvalue weighted by Gasteiger charge is -2.27. The molecule has 2 aromatic heterocycles. The van der Waals surface area contributed by atoms with Gasteiger partial charge in [-0.2, -0.15) is 5.10 Å². The first-order valence-electron chi connectivity index (χ1n) is 6.58. The zero-order valence-electron chi connectivity index (χ0n) is 11.8. The van der Waals surface area contributed by atoms with Crippen molar-refractivity contribution in [2.45, 2.75) is 38.1 Å². The topological polar surface area (TPSA) is 44.9 Å². The Morgan fingerprint density at radius 3 is 2.79 bits per heavy atom. The molecule has 0 N–H and O–H groups in total. The summed E-state index contributed by atoms with van der Waals surface area (Å²) in [5.41, 5.74) is 2.83. The summed E-state index contributed by atoms with van der Waals surface area (Å²) in [4.78, 5) is 4.71. The normalized spacial score (nSPS) is 25.3. The molecule has 19 heavy (non-hydrogen) atoms. The highest BCUT2D eigenvalue weighted by Crippen LogP contribution is 2.36. The number of hydrogen-bond donors (Lipinski definition) is 0. The molecule has 3 rings (SSSR count). The fourth-order valence-electron chi connectivity index (χ4n) is 2.92. The Morgan fingerprint density at radius 2 is 2.21 bits per heavy atom. The second-order valence-electron chi connectivity index (χ2n) is 5.60. The molecule has 0 aromatic carbocycles. The number of hydrogen-bond acceptors (Lipinski definition) is 3. The number of alkyl halides is 1. The van der Waals surface area contributed by atoms with E-state index < -0.39 is 0 Å². The molecule has 0 spiro atoms. The molecule has 1 fully saturated rings. The van der Waals surface area contributed by atoms with Crippen LogP contribution in [0.2, 0.25) is 0 Å². The molecule has 0 amide bonds. The third-order valence-electron chi connectivity index (χ3n) is 3.92. The molecule has 2 aromatic rings. The Bertz CT molecular complexity index is 622. The van der Waals surface area contributed by atoms with Gasteiger partial charge in [0.1, 0.15) is 11.3 Å². The van der Waals surface area contributed by atoms with Gasteiger partial charge < -0.3 is 9.30 Å². The van der Waals surface area contributed by atoms with Gasteiger partial charge in [-0.15, -0.1) is 11.6 Å². The third-order valence-corrected chi connectivity index (χ3v) is 4.12. The fraction of sp³-hybridized carbons (Fsp3) is 0.692. The van der Waals surface area contributed by atoms with E-state index >= 15 is 0 Å². The predicted octanol–water partition coefficient (Wildman–Crippen LogP) is 2.51. The van der Waals surface area contributed by atoms with E-state index in [1.165, 1.54) is 0 Å². The monoisotopic (exact) mass is 282 g/mol. The lowest BCUT2D eigenvalue weighted by atomic mass is 10.0. The van der Waals surface area contributed by atoms with Gasteiger partial charge in [-0.25, -0.2) is 4.98 Å². The first-order chi connectivity index (χ1) is 8.94. The van der Waals surface area contributed by atoms with Crippen molar-refractivity contribution in [3.05, 3.63) is 11.5 Å². The van der Waals surface area contributed by atoms with Crippen LogP contribution in [0.15, 0.2) is 0 Å². The summed E-state index contributed by atoms with van der Waals surface area (Å²) in [5, 5.41) is 4.33. The van der Waals surface area contributed by atoms with Gasteiger partial charge in [-0.3, -0.25) is 4.68 Å². The highest BCUT2D eigenvalue weighted by Gasteiger charge is 2.37. The van der Waals surface area contributed by atoms with Gasteiger partial charge in [0, 0.05) is 13.7 Å². The second kappa shape index (κ2) is 4.21. The van der Waals surface area contributed by atoms with Crippen molar-refractivity contribution < 1.29 is 4.74 Å². The highest BCUT2D eigenvalue weighted by molar-refractivity contribution is 6.20. The maximum absolute atomic E-state index is 6.33. The molecule has 0 aliphatic carbocycles. The number of aryl methyl sites for hydroxylation is 2. The summed E-state index contributed by atoms with van der Waals surface area (Å²) in [7, 11) is 1.95. The quantitative estimate of drug-likeness (QED) is 0.795. The molecule has 0 radical (unpaired) electrons. The van der Waals surface area contributed by atoms with E-state index in [0.29, 0.717) is 6.61 Å². The van der Waals surface area contributed by atoms with E-state index in [2.05, 4.69) is 16.6 Å². The lowest BCUT2D eigenvalue weighted by Crippen LogP contribution is -2.33. The van der Waals surface area contributed by atoms with Gasteiger partial charge in [0.05, 0.1) is 23.2 Å². The number of imidazole rings is 1. The van der Waals surface area contributed by atoms with E-state index in [0.717, 1.165) is 35.7 Å². The number of fused-ring (bicyclic) bond motifs is 1. The average Bonchev–Trinajstić information content (AvgIpc) is 2.97. The summed E-state index contributed by atoms with van der Waals surface area (Å²) < 4.78 is 9.71. The Morgan fingerprint density at radius 1 is 1.47 bits per heavy atom. The van der Waals surface area contributed by atoms with Crippen LogP contribution in [-0.4, -0.2) is 32.5 Å². The number of rotatable bonds is 2. The number of aromatic nitrogens is 4. The van der Waals surface area contributed by atoms with Crippen molar-refractivity contribution in [1.82, 2.24) is 19.3 Å². The van der Waals surface area contributed by atoms with Crippen LogP contribution >= 0.6 is 11.6 Å². The van der Waals surface area contributed by atoms with Gasteiger partial charge in [-0.1, -0.05) is 0 Å². The maximum atomic E-state index is 6.33. The van der Waals surface area contributed by atoms with E-state index in [-0.39, 0.29) is 10.9 Å². The molecule has 5 nitrogen and oxygen atoms in total. The van der Waals surface area contributed by atoms with Gasteiger partial charge in [0.15, 0.2) is 5.65 Å². The third kappa shape index (κ3) is 1.79. The number of nitrogens with zero attached hydrogens (tertiary/aromatic N) is 4. The van der Waals surface area contributed by atoms with Crippen LogP contribution in [0.3, 0.4) is 0 Å². The molecule has 104 valence electrons. The van der Waals surface area contributed by atoms with Crippen molar-refractivity contribution in [2.75, 3.05) is 13.2 Å². The molecule has 1 aliphatic heterocycles. The van der Waals surface area contributed by atoms with E-state index in [9.17, 15) is 0 Å². The van der Waals surface area contributed by atoms with E-state index in [4.69, 9.17) is 21.3 Å². The van der Waals surface area contributed by atoms with Gasteiger partial charge in [0.25, 0.3) is 0 Å². The SMILES string of the molecule is Cc1nn(C)c2c1nc(C(C)Cl)n2C1(C)CCOC1. The van der Waals surface area contributed by atoms with E-state index in [1.807, 2.05) is 25.6 Å². The van der Waals surface area contributed by atoms with Crippen LogP contribution in [-0.2, 0) is 17.3 Å². The fourth-order valence-corrected chi connectivity index (χ4v) is 3.07. The molecule has 3 heterocycles. The van der Waals surface area contributed by atoms with Crippen LogP contribution in [0.5, 0.6) is 0 Å². The van der Waals surface area contributed by atoms with Crippen LogP contribution in [0, 0.1) is 6.92 Å². The number of ether oxygens (including phenoxy) is 1. The van der Waals surface area contributed by atoms with Crippen LogP contribution in [0.25, 0.3) is 11.2 Å². The molecular formula is C13H19ClN4O. The first kappa shape index (κ1) is 12.9. The second-order valence-corrected chi connectivity index (χ2v) is 6.26. The van der Waals surface area contributed by atoms with Crippen LogP contribution in [0.1, 0.15) is 37.2 Å². The minimum Gasteiger partial charge on any atom is -0.379 e. The summed E-state index contributed by atoms with van der Waals surface area (Å²) in [6, 6.07) is 0. The average molecular weight is 283 g/mol. The van der Waals surface area contributed by atoms with Crippen molar-refractivity contribution in [3.63, 3.8) is 0 Å². The van der Waals surface area contributed by atoms with Gasteiger partial charge >= 0.3 is 0 Å². The zero-order valence-corrected chi connectivity index (χ0v) is 12.5. The number of halogens is 1. The lowest BCUT2D eigenvalue weighted by molar-refractivity contribution is 0.161. The zero-order chi connectivity index (χ0) is 13.8. The standard InChI is InChI=1S/C13H19ClN4O/c1-8(14)11-15-10-9(2)16-17(4)12(10)18(11)13(3)5-6-19-7-13/h8H,5-7H2,1-4H3. The highest BCUT2D eigenvalue weighted by atomic mass is 35.5. The molecule has 0 bridgehead atoms. The minimum atomic E-state index is -0.135. The van der Waals surface area contributed by atoms with Crippen molar-refractivity contribution in [1.29, 1.82) is 0 Å². The summed E-state index contributed by atoms with van der Waals surface area (Å²) in [6.45, 7) is 7.62. The Labute approximate surface area is 117 Å². The molecular weight excluding hydrogens is 264 g/mol. The Hall–Kier alpha value is -1.07. The Balaban J connectivity index is 2.33. The smallest absolute Gasteiger partial charge is 0.159 e. The maximum Gasteiger partial charge on any atom is 0.159 e. The molecule has 2 atom stereocenters. The largest absolute Gasteiger partial charge is 0.379 e. The van der Waals surface area contributed by atoms with Crippen molar-refractivity contribution in [2.24, 2.45) is 7.05 Å².